The molecule has 0 N–H and O–H groups in total. The summed E-state index contributed by atoms with van der Waals surface area (Å²) >= 11 is 0. The summed E-state index contributed by atoms with van der Waals surface area (Å²) in [4.78, 5) is 16.8. The van der Waals surface area contributed by atoms with Crippen LogP contribution in [0.2, 0.25) is 0 Å². The summed E-state index contributed by atoms with van der Waals surface area (Å²) < 4.78 is 18.3. The number of nitro groups is 1. The van der Waals surface area contributed by atoms with Gasteiger partial charge in [0.25, 0.3) is 5.69 Å². The Bertz CT molecular complexity index is 1690. The maximum atomic E-state index is 11.8. The Balaban J connectivity index is 1.60. The van der Waals surface area contributed by atoms with Crippen LogP contribution in [0.5, 0.6) is 0 Å². The number of nitrogens with zero attached hydrogens (tertiary/aromatic N) is 7. The third-order valence-electron chi connectivity index (χ3n) is 7.64. The van der Waals surface area contributed by atoms with Gasteiger partial charge in [-0.1, -0.05) is 54.6 Å². The van der Waals surface area contributed by atoms with E-state index in [-0.39, 0.29) is 16.7 Å². The van der Waals surface area contributed by atoms with Gasteiger partial charge in [0.15, 0.2) is 13.2 Å². The maximum absolute atomic E-state index is 11.8. The van der Waals surface area contributed by atoms with Gasteiger partial charge in [-0.2, -0.15) is 5.10 Å². The molecular formula is C30H30N7O3P. The lowest BCUT2D eigenvalue weighted by Gasteiger charge is -2.48. The Kier molecular flexibility index (Phi) is 6.54. The quantitative estimate of drug-likeness (QED) is 0.162. The smallest absolute Gasteiger partial charge is 0.271 e. The number of non-ortho nitro benzene ring substituents is 1. The molecule has 11 heteroatoms. The van der Waals surface area contributed by atoms with Gasteiger partial charge in [0.1, 0.15) is 5.84 Å². The number of benzene rings is 3. The average molecular weight is 568 g/mol. The molecule has 0 radical (unpaired) electrons. The maximum Gasteiger partial charge on any atom is 0.271 e. The summed E-state index contributed by atoms with van der Waals surface area (Å²) in [6.45, 7) is 4.58. The molecule has 4 aromatic rings. The second kappa shape index (κ2) is 10.4. The minimum atomic E-state index is -2.82. The molecule has 2 fully saturated rings. The lowest BCUT2D eigenvalue weighted by atomic mass is 10.2. The van der Waals surface area contributed by atoms with E-state index in [1.807, 2.05) is 66.2 Å². The van der Waals surface area contributed by atoms with E-state index in [9.17, 15) is 10.1 Å². The zero-order valence-electron chi connectivity index (χ0n) is 22.7. The van der Waals surface area contributed by atoms with E-state index in [0.29, 0.717) is 32.0 Å². The van der Waals surface area contributed by atoms with Crippen molar-refractivity contribution >= 4 is 35.7 Å². The van der Waals surface area contributed by atoms with Crippen molar-refractivity contribution in [3.05, 3.63) is 106 Å². The number of aromatic nitrogens is 2. The molecule has 1 aromatic heterocycles. The van der Waals surface area contributed by atoms with Crippen molar-refractivity contribution in [1.29, 1.82) is 0 Å². The standard InChI is InChI=1S/C30H30N7O3P/c1-22-28-30(35(32-22)25-12-6-3-7-13-25)31-29(23-9-4-2-5-10-23)36(26-15-16-26)41(28,34-17-19-40-20-18-34)33-24-11-8-14-27(21-24)37(38)39/h2-14,21,26H,15-20H2,1H3/t41-/m1/s1. The Morgan fingerprint density at radius 2 is 1.68 bits per heavy atom. The van der Waals surface area contributed by atoms with E-state index in [2.05, 4.69) is 21.5 Å². The van der Waals surface area contributed by atoms with Crippen LogP contribution >= 0.6 is 7.36 Å². The van der Waals surface area contributed by atoms with E-state index in [0.717, 1.165) is 46.7 Å². The number of aryl methyl sites for hydroxylation is 1. The first-order valence-corrected chi connectivity index (χ1v) is 15.5. The highest BCUT2D eigenvalue weighted by Gasteiger charge is 2.51. The number of amidine groups is 1. The zero-order chi connectivity index (χ0) is 28.0. The number of morpholine rings is 1. The number of ether oxygens (including phenoxy) is 1. The Morgan fingerprint density at radius 3 is 2.37 bits per heavy atom. The Labute approximate surface area is 238 Å². The van der Waals surface area contributed by atoms with Crippen molar-refractivity contribution < 1.29 is 9.66 Å². The lowest BCUT2D eigenvalue weighted by molar-refractivity contribution is -0.384. The number of hydrogen-bond acceptors (Lipinski definition) is 6. The van der Waals surface area contributed by atoms with E-state index < -0.39 is 7.36 Å². The number of nitro benzene ring substituents is 1. The molecule has 0 bridgehead atoms. The van der Waals surface area contributed by atoms with Gasteiger partial charge in [-0.15, -0.1) is 0 Å². The summed E-state index contributed by atoms with van der Waals surface area (Å²) in [7, 11) is -2.82. The highest BCUT2D eigenvalue weighted by molar-refractivity contribution is 7.70. The minimum absolute atomic E-state index is 0.0234. The van der Waals surface area contributed by atoms with Crippen molar-refractivity contribution in [2.24, 2.45) is 9.74 Å². The third-order valence-corrected chi connectivity index (χ3v) is 11.6. The summed E-state index contributed by atoms with van der Waals surface area (Å²) in [5, 5.41) is 17.8. The fourth-order valence-electron chi connectivity index (χ4n) is 5.70. The Hall–Kier alpha value is -4.11. The number of para-hydroxylation sites is 1. The minimum Gasteiger partial charge on any atom is -0.379 e. The molecule has 1 atom stereocenters. The van der Waals surface area contributed by atoms with Gasteiger partial charge in [-0.3, -0.25) is 10.1 Å². The van der Waals surface area contributed by atoms with Crippen molar-refractivity contribution in [1.82, 2.24) is 19.1 Å². The second-order valence-electron chi connectivity index (χ2n) is 10.4. The number of aliphatic imine (C=N–C) groups is 1. The molecule has 1 saturated carbocycles. The first-order valence-electron chi connectivity index (χ1n) is 13.9. The molecule has 1 saturated heterocycles. The molecule has 3 aliphatic rings. The molecule has 1 aliphatic carbocycles. The van der Waals surface area contributed by atoms with E-state index in [4.69, 9.17) is 19.6 Å². The Morgan fingerprint density at radius 1 is 0.976 bits per heavy atom. The van der Waals surface area contributed by atoms with Crippen LogP contribution in [0, 0.1) is 17.0 Å². The van der Waals surface area contributed by atoms with Crippen LogP contribution in [0.1, 0.15) is 24.1 Å². The molecule has 3 aromatic carbocycles. The molecule has 7 rings (SSSR count). The fraction of sp³-hybridized carbons (Fsp3) is 0.267. The predicted octanol–water partition coefficient (Wildman–Crippen LogP) is 5.97. The largest absolute Gasteiger partial charge is 0.379 e. The van der Waals surface area contributed by atoms with Crippen LogP contribution in [-0.4, -0.2) is 62.2 Å². The summed E-state index contributed by atoms with van der Waals surface area (Å²) in [5.41, 5.74) is 3.39. The number of rotatable bonds is 6. The molecule has 208 valence electrons. The van der Waals surface area contributed by atoms with E-state index in [1.165, 1.54) is 6.07 Å². The lowest BCUT2D eigenvalue weighted by Crippen LogP contribution is -2.47. The molecule has 0 spiro atoms. The number of fused-ring (bicyclic) bond motifs is 1. The second-order valence-corrected chi connectivity index (χ2v) is 13.2. The highest BCUT2D eigenvalue weighted by atomic mass is 31.2. The van der Waals surface area contributed by atoms with Crippen LogP contribution in [0.25, 0.3) is 5.69 Å². The third kappa shape index (κ3) is 4.48. The topological polar surface area (TPSA) is 101 Å². The van der Waals surface area contributed by atoms with Crippen molar-refractivity contribution in [3.8, 4) is 5.69 Å². The summed E-state index contributed by atoms with van der Waals surface area (Å²) in [6, 6.07) is 27.2. The SMILES string of the molecule is Cc1nn(-c2ccccc2)c2c1[P@@](=Nc1cccc([N+](=O)[O-])c1)(N1CCOCC1)N(C1CC1)C(c1ccccc1)=N2. The van der Waals surface area contributed by atoms with Gasteiger partial charge in [0.2, 0.25) is 0 Å². The van der Waals surface area contributed by atoms with Gasteiger partial charge < -0.3 is 9.41 Å². The highest BCUT2D eigenvalue weighted by Crippen LogP contribution is 2.65. The van der Waals surface area contributed by atoms with Gasteiger partial charge in [-0.05, 0) is 38.0 Å². The fourth-order valence-corrected chi connectivity index (χ4v) is 9.97. The molecule has 2 aliphatic heterocycles. The molecule has 0 amide bonds. The average Bonchev–Trinajstić information content (AvgIpc) is 3.80. The van der Waals surface area contributed by atoms with Crippen molar-refractivity contribution in [2.75, 3.05) is 26.3 Å². The van der Waals surface area contributed by atoms with Crippen LogP contribution < -0.4 is 5.30 Å². The van der Waals surface area contributed by atoms with Gasteiger partial charge in [0, 0.05) is 36.8 Å². The predicted molar refractivity (Wildman–Crippen MR) is 160 cm³/mol. The summed E-state index contributed by atoms with van der Waals surface area (Å²) in [6.07, 6.45) is 2.06. The van der Waals surface area contributed by atoms with Crippen LogP contribution in [0.3, 0.4) is 0 Å². The molecule has 41 heavy (non-hydrogen) atoms. The van der Waals surface area contributed by atoms with E-state index >= 15 is 0 Å². The van der Waals surface area contributed by atoms with Gasteiger partial charge >= 0.3 is 0 Å². The molecule has 3 heterocycles. The molecule has 10 nitrogen and oxygen atoms in total. The van der Waals surface area contributed by atoms with Crippen molar-refractivity contribution in [2.45, 2.75) is 25.8 Å². The zero-order valence-corrected chi connectivity index (χ0v) is 23.6. The first kappa shape index (κ1) is 25.8. The monoisotopic (exact) mass is 567 g/mol. The normalized spacial score (nSPS) is 20.8. The van der Waals surface area contributed by atoms with Crippen LogP contribution in [-0.2, 0) is 4.74 Å². The first-order chi connectivity index (χ1) is 20.1. The van der Waals surface area contributed by atoms with Crippen LogP contribution in [0.15, 0.2) is 94.7 Å². The summed E-state index contributed by atoms with van der Waals surface area (Å²) in [5.74, 6) is 1.63. The molecular weight excluding hydrogens is 537 g/mol. The number of hydrogen-bond donors (Lipinski definition) is 0. The molecule has 0 unspecified atom stereocenters. The van der Waals surface area contributed by atoms with E-state index in [1.54, 1.807) is 12.1 Å². The van der Waals surface area contributed by atoms with Crippen LogP contribution in [0.4, 0.5) is 17.2 Å². The van der Waals surface area contributed by atoms with Gasteiger partial charge in [0.05, 0.1) is 40.5 Å². The van der Waals surface area contributed by atoms with Gasteiger partial charge in [-0.25, -0.2) is 19.1 Å². The van der Waals surface area contributed by atoms with Crippen molar-refractivity contribution in [3.63, 3.8) is 0 Å².